The second kappa shape index (κ2) is 4.41. The molecule has 2 N–H and O–H groups in total. The molecule has 3 rings (SSSR count). The second-order valence-electron chi connectivity index (χ2n) is 4.85. The van der Waals surface area contributed by atoms with E-state index < -0.39 is 0 Å². The van der Waals surface area contributed by atoms with Crippen LogP contribution in [-0.2, 0) is 0 Å². The van der Waals surface area contributed by atoms with E-state index in [4.69, 9.17) is 10.5 Å². The van der Waals surface area contributed by atoms with Gasteiger partial charge in [-0.1, -0.05) is 18.2 Å². The molecule has 2 heterocycles. The quantitative estimate of drug-likeness (QED) is 0.895. The molecule has 1 aromatic carbocycles. The molecule has 1 aromatic heterocycles. The van der Waals surface area contributed by atoms with E-state index >= 15 is 0 Å². The Morgan fingerprint density at radius 2 is 2.11 bits per heavy atom. The van der Waals surface area contributed by atoms with E-state index in [0.29, 0.717) is 6.61 Å². The maximum absolute atomic E-state index is 6.46. The lowest BCUT2D eigenvalue weighted by Gasteiger charge is -2.18. The molecule has 2 unspecified atom stereocenters. The first kappa shape index (κ1) is 11.8. The van der Waals surface area contributed by atoms with Crippen LogP contribution in [-0.4, -0.2) is 6.61 Å². The molecule has 2 nitrogen and oxygen atoms in total. The first-order valence-corrected chi connectivity index (χ1v) is 7.02. The highest BCUT2D eigenvalue weighted by Gasteiger charge is 2.31. The van der Waals surface area contributed by atoms with Crippen LogP contribution in [0.25, 0.3) is 0 Å². The molecule has 0 amide bonds. The van der Waals surface area contributed by atoms with Crippen molar-refractivity contribution in [3.8, 4) is 5.75 Å². The molecule has 0 fully saturated rings. The zero-order valence-electron chi connectivity index (χ0n) is 10.6. The smallest absolute Gasteiger partial charge is 0.122 e. The van der Waals surface area contributed by atoms with E-state index in [1.807, 2.05) is 23.5 Å². The van der Waals surface area contributed by atoms with Crippen LogP contribution in [0.1, 0.15) is 32.8 Å². The van der Waals surface area contributed by atoms with Crippen LogP contribution in [0.4, 0.5) is 0 Å². The summed E-state index contributed by atoms with van der Waals surface area (Å²) in [6, 6.07) is 10.4. The number of para-hydroxylation sites is 1. The molecular formula is C15H17NOS. The molecule has 2 aromatic rings. The fraction of sp³-hybridized carbons (Fsp3) is 0.333. The van der Waals surface area contributed by atoms with Crippen molar-refractivity contribution in [3.05, 3.63) is 51.2 Å². The summed E-state index contributed by atoms with van der Waals surface area (Å²) in [7, 11) is 0. The Labute approximate surface area is 111 Å². The van der Waals surface area contributed by atoms with Gasteiger partial charge >= 0.3 is 0 Å². The third-order valence-electron chi connectivity index (χ3n) is 3.61. The first-order valence-electron chi connectivity index (χ1n) is 6.21. The van der Waals surface area contributed by atoms with E-state index in [9.17, 15) is 0 Å². The minimum absolute atomic E-state index is 0.0265. The molecule has 0 bridgehead atoms. The predicted molar refractivity (Wildman–Crippen MR) is 75.4 cm³/mol. The fourth-order valence-corrected chi connectivity index (χ4v) is 3.66. The van der Waals surface area contributed by atoms with Crippen LogP contribution in [0.5, 0.6) is 5.75 Å². The van der Waals surface area contributed by atoms with Crippen molar-refractivity contribution >= 4 is 11.3 Å². The van der Waals surface area contributed by atoms with Gasteiger partial charge in [-0.05, 0) is 31.5 Å². The normalized spacial score (nSPS) is 19.4. The summed E-state index contributed by atoms with van der Waals surface area (Å²) in [6.07, 6.45) is 0. The van der Waals surface area contributed by atoms with Gasteiger partial charge in [0.05, 0.1) is 6.61 Å². The number of fused-ring (bicyclic) bond motifs is 1. The van der Waals surface area contributed by atoms with Crippen LogP contribution in [0.3, 0.4) is 0 Å². The van der Waals surface area contributed by atoms with Crippen LogP contribution in [0.15, 0.2) is 30.3 Å². The van der Waals surface area contributed by atoms with Crippen LogP contribution in [0, 0.1) is 13.8 Å². The van der Waals surface area contributed by atoms with Gasteiger partial charge in [0, 0.05) is 27.3 Å². The molecule has 0 saturated carbocycles. The Balaban J connectivity index is 1.95. The molecule has 94 valence electrons. The highest BCUT2D eigenvalue weighted by molar-refractivity contribution is 7.12. The zero-order chi connectivity index (χ0) is 12.7. The van der Waals surface area contributed by atoms with Crippen molar-refractivity contribution in [2.75, 3.05) is 6.61 Å². The molecule has 0 aliphatic carbocycles. The molecule has 3 heteroatoms. The van der Waals surface area contributed by atoms with Gasteiger partial charge in [-0.25, -0.2) is 0 Å². The maximum Gasteiger partial charge on any atom is 0.122 e. The minimum Gasteiger partial charge on any atom is -0.493 e. The van der Waals surface area contributed by atoms with Gasteiger partial charge < -0.3 is 10.5 Å². The second-order valence-corrected chi connectivity index (χ2v) is 6.31. The number of rotatable bonds is 2. The molecule has 2 atom stereocenters. The average Bonchev–Trinajstić information content (AvgIpc) is 2.92. The van der Waals surface area contributed by atoms with E-state index in [2.05, 4.69) is 32.0 Å². The Kier molecular flexibility index (Phi) is 2.88. The first-order chi connectivity index (χ1) is 8.66. The summed E-state index contributed by atoms with van der Waals surface area (Å²) in [4.78, 5) is 2.65. The van der Waals surface area contributed by atoms with E-state index in [0.717, 1.165) is 5.75 Å². The Hall–Kier alpha value is -1.32. The highest BCUT2D eigenvalue weighted by atomic mass is 32.1. The third kappa shape index (κ3) is 1.84. The third-order valence-corrected chi connectivity index (χ3v) is 4.59. The van der Waals surface area contributed by atoms with Crippen molar-refractivity contribution in [1.82, 2.24) is 0 Å². The summed E-state index contributed by atoms with van der Waals surface area (Å²) in [6.45, 7) is 4.97. The fourth-order valence-electron chi connectivity index (χ4n) is 2.68. The lowest BCUT2D eigenvalue weighted by Crippen LogP contribution is -2.21. The number of nitrogens with two attached hydrogens (primary N) is 1. The number of hydrogen-bond acceptors (Lipinski definition) is 3. The van der Waals surface area contributed by atoms with Crippen molar-refractivity contribution < 1.29 is 4.74 Å². The topological polar surface area (TPSA) is 35.2 Å². The number of benzene rings is 1. The minimum atomic E-state index is 0.0265. The molecule has 0 spiro atoms. The van der Waals surface area contributed by atoms with Gasteiger partial charge in [0.1, 0.15) is 5.75 Å². The number of hydrogen-bond donors (Lipinski definition) is 1. The van der Waals surface area contributed by atoms with Gasteiger partial charge in [-0.3, -0.25) is 0 Å². The van der Waals surface area contributed by atoms with Gasteiger partial charge in [-0.15, -0.1) is 11.3 Å². The summed E-state index contributed by atoms with van der Waals surface area (Å²) in [5.41, 5.74) is 8.97. The van der Waals surface area contributed by atoms with Crippen LogP contribution < -0.4 is 10.5 Å². The molecular weight excluding hydrogens is 242 g/mol. The zero-order valence-corrected chi connectivity index (χ0v) is 11.5. The van der Waals surface area contributed by atoms with Crippen molar-refractivity contribution in [1.29, 1.82) is 0 Å². The molecule has 0 saturated heterocycles. The van der Waals surface area contributed by atoms with Crippen molar-refractivity contribution in [2.45, 2.75) is 25.8 Å². The number of aryl methyl sites for hydroxylation is 2. The highest BCUT2D eigenvalue weighted by Crippen LogP contribution is 2.41. The van der Waals surface area contributed by atoms with Crippen LogP contribution in [0.2, 0.25) is 0 Å². The van der Waals surface area contributed by atoms with Gasteiger partial charge in [0.25, 0.3) is 0 Å². The average molecular weight is 259 g/mol. The molecule has 0 radical (unpaired) electrons. The Morgan fingerprint density at radius 3 is 2.83 bits per heavy atom. The standard InChI is InChI=1S/C15H17NOS/c1-9-7-12(10(2)18-9)15(16)13-8-17-14-6-4-3-5-11(13)14/h3-7,13,15H,8,16H2,1-2H3. The molecule has 18 heavy (non-hydrogen) atoms. The molecule has 1 aliphatic rings. The van der Waals surface area contributed by atoms with Gasteiger partial charge in [0.15, 0.2) is 0 Å². The summed E-state index contributed by atoms with van der Waals surface area (Å²) in [5.74, 6) is 1.26. The lowest BCUT2D eigenvalue weighted by atomic mass is 9.89. The lowest BCUT2D eigenvalue weighted by molar-refractivity contribution is 0.315. The Bertz CT molecular complexity index is 576. The summed E-state index contributed by atoms with van der Waals surface area (Å²) >= 11 is 1.82. The SMILES string of the molecule is Cc1cc(C(N)C2COc3ccccc32)c(C)s1. The summed E-state index contributed by atoms with van der Waals surface area (Å²) in [5, 5.41) is 0. The van der Waals surface area contributed by atoms with Gasteiger partial charge in [-0.2, -0.15) is 0 Å². The Morgan fingerprint density at radius 1 is 1.33 bits per heavy atom. The number of thiophene rings is 1. The maximum atomic E-state index is 6.46. The monoisotopic (exact) mass is 259 g/mol. The van der Waals surface area contributed by atoms with Crippen LogP contribution >= 0.6 is 11.3 Å². The molecule has 1 aliphatic heterocycles. The summed E-state index contributed by atoms with van der Waals surface area (Å²) < 4.78 is 5.72. The van der Waals surface area contributed by atoms with Crippen molar-refractivity contribution in [3.63, 3.8) is 0 Å². The number of ether oxygens (including phenoxy) is 1. The largest absolute Gasteiger partial charge is 0.493 e. The predicted octanol–water partition coefficient (Wildman–Crippen LogP) is 3.54. The van der Waals surface area contributed by atoms with Gasteiger partial charge in [0.2, 0.25) is 0 Å². The van der Waals surface area contributed by atoms with E-state index in [-0.39, 0.29) is 12.0 Å². The van der Waals surface area contributed by atoms with Crippen molar-refractivity contribution in [2.24, 2.45) is 5.73 Å². The van der Waals surface area contributed by atoms with E-state index in [1.54, 1.807) is 0 Å². The van der Waals surface area contributed by atoms with E-state index in [1.165, 1.54) is 20.9 Å².